The molecule has 1 saturated heterocycles. The van der Waals surface area contributed by atoms with Crippen LogP contribution in [0, 0.1) is 11.3 Å². The van der Waals surface area contributed by atoms with Crippen LogP contribution < -0.4 is 5.32 Å². The summed E-state index contributed by atoms with van der Waals surface area (Å²) >= 11 is 0. The summed E-state index contributed by atoms with van der Waals surface area (Å²) in [5.74, 6) is -0.356. The van der Waals surface area contributed by atoms with Gasteiger partial charge in [0.05, 0.1) is 6.10 Å². The summed E-state index contributed by atoms with van der Waals surface area (Å²) in [6.45, 7) is 1.19. The summed E-state index contributed by atoms with van der Waals surface area (Å²) in [6, 6.07) is 19.8. The minimum absolute atomic E-state index is 0.0639. The Kier molecular flexibility index (Phi) is 5.61. The fraction of sp³-hybridized carbons (Fsp3) is 0.238. The van der Waals surface area contributed by atoms with Crippen LogP contribution in [-0.2, 0) is 9.53 Å². The Morgan fingerprint density at radius 3 is 2.52 bits per heavy atom. The smallest absolute Gasteiger partial charge is 0.262 e. The molecule has 2 aromatic rings. The normalized spacial score (nSPS) is 17.1. The molecule has 1 amide bonds. The second-order valence-corrected chi connectivity index (χ2v) is 6.00. The van der Waals surface area contributed by atoms with Crippen LogP contribution in [0.5, 0.6) is 0 Å². The molecule has 0 unspecified atom stereocenters. The monoisotopic (exact) mass is 332 g/mol. The summed E-state index contributed by atoms with van der Waals surface area (Å²) in [6.07, 6.45) is 3.65. The zero-order valence-electron chi connectivity index (χ0n) is 13.9. The number of ether oxygens (including phenoxy) is 1. The minimum atomic E-state index is -0.356. The van der Waals surface area contributed by atoms with Crippen molar-refractivity contribution in [3.05, 3.63) is 65.7 Å². The molecule has 4 heteroatoms. The molecular formula is C21H20N2O2. The van der Waals surface area contributed by atoms with Crippen molar-refractivity contribution in [2.45, 2.75) is 18.9 Å². The molecule has 1 heterocycles. The van der Waals surface area contributed by atoms with E-state index in [0.29, 0.717) is 6.54 Å². The van der Waals surface area contributed by atoms with Crippen LogP contribution in [-0.4, -0.2) is 25.2 Å². The van der Waals surface area contributed by atoms with Crippen LogP contribution in [0.1, 0.15) is 18.4 Å². The number of benzene rings is 2. The van der Waals surface area contributed by atoms with E-state index in [2.05, 4.69) is 5.32 Å². The number of amides is 1. The molecule has 4 nitrogen and oxygen atoms in total. The first-order valence-electron chi connectivity index (χ1n) is 8.43. The molecule has 126 valence electrons. The zero-order chi connectivity index (χ0) is 17.5. The van der Waals surface area contributed by atoms with E-state index < -0.39 is 0 Å². The van der Waals surface area contributed by atoms with Gasteiger partial charge in [0.25, 0.3) is 5.91 Å². The van der Waals surface area contributed by atoms with Gasteiger partial charge in [-0.2, -0.15) is 5.26 Å². The molecule has 1 aliphatic rings. The average molecular weight is 332 g/mol. The van der Waals surface area contributed by atoms with E-state index in [4.69, 9.17) is 4.74 Å². The Morgan fingerprint density at radius 2 is 1.88 bits per heavy atom. The van der Waals surface area contributed by atoms with Gasteiger partial charge in [-0.3, -0.25) is 4.79 Å². The highest BCUT2D eigenvalue weighted by molar-refractivity contribution is 6.01. The maximum atomic E-state index is 12.2. The molecule has 2 aromatic carbocycles. The van der Waals surface area contributed by atoms with Crippen LogP contribution in [0.15, 0.2) is 60.2 Å². The third-order valence-electron chi connectivity index (χ3n) is 4.21. The molecular weight excluding hydrogens is 312 g/mol. The van der Waals surface area contributed by atoms with Gasteiger partial charge in [0, 0.05) is 13.2 Å². The Hall–Kier alpha value is -2.90. The summed E-state index contributed by atoms with van der Waals surface area (Å²) in [5.41, 5.74) is 3.15. The lowest BCUT2D eigenvalue weighted by molar-refractivity contribution is -0.117. The quantitative estimate of drug-likeness (QED) is 0.673. The Bertz CT molecular complexity index is 783. The van der Waals surface area contributed by atoms with Crippen LogP contribution in [0.4, 0.5) is 0 Å². The summed E-state index contributed by atoms with van der Waals surface area (Å²) < 4.78 is 5.47. The molecule has 1 aliphatic heterocycles. The Morgan fingerprint density at radius 1 is 1.16 bits per heavy atom. The third-order valence-corrected chi connectivity index (χ3v) is 4.21. The first-order chi connectivity index (χ1) is 12.3. The van der Waals surface area contributed by atoms with E-state index in [1.54, 1.807) is 6.08 Å². The standard InChI is InChI=1S/C21H20N2O2/c22-14-19(21(24)23-15-20-7-4-12-25-20)13-16-8-10-18(11-9-16)17-5-2-1-3-6-17/h1-3,5-6,8-11,13,20H,4,7,12,15H2,(H,23,24)/b19-13+/t20-/m1/s1. The van der Waals surface area contributed by atoms with Gasteiger partial charge in [-0.05, 0) is 35.6 Å². The minimum Gasteiger partial charge on any atom is -0.376 e. The van der Waals surface area contributed by atoms with Gasteiger partial charge < -0.3 is 10.1 Å². The summed E-state index contributed by atoms with van der Waals surface area (Å²) in [4.78, 5) is 12.2. The molecule has 1 N–H and O–H groups in total. The number of rotatable bonds is 5. The van der Waals surface area contributed by atoms with Gasteiger partial charge in [-0.25, -0.2) is 0 Å². The van der Waals surface area contributed by atoms with E-state index in [1.165, 1.54) is 0 Å². The zero-order valence-corrected chi connectivity index (χ0v) is 13.9. The number of nitriles is 1. The van der Waals surface area contributed by atoms with Crippen molar-refractivity contribution in [3.8, 4) is 17.2 Å². The Labute approximate surface area is 147 Å². The molecule has 0 radical (unpaired) electrons. The molecule has 0 bridgehead atoms. The number of nitrogens with one attached hydrogen (secondary N) is 1. The average Bonchev–Trinajstić information content (AvgIpc) is 3.19. The van der Waals surface area contributed by atoms with Crippen molar-refractivity contribution in [1.82, 2.24) is 5.32 Å². The van der Waals surface area contributed by atoms with E-state index in [9.17, 15) is 10.1 Å². The van der Waals surface area contributed by atoms with Crippen molar-refractivity contribution in [1.29, 1.82) is 5.26 Å². The topological polar surface area (TPSA) is 62.1 Å². The Balaban J connectivity index is 1.67. The third kappa shape index (κ3) is 4.56. The fourth-order valence-electron chi connectivity index (χ4n) is 2.82. The highest BCUT2D eigenvalue weighted by atomic mass is 16.5. The maximum absolute atomic E-state index is 12.2. The van der Waals surface area contributed by atoms with Gasteiger partial charge in [-0.1, -0.05) is 54.6 Å². The molecule has 1 fully saturated rings. The van der Waals surface area contributed by atoms with Gasteiger partial charge in [0.2, 0.25) is 0 Å². The largest absolute Gasteiger partial charge is 0.376 e. The lowest BCUT2D eigenvalue weighted by atomic mass is 10.0. The van der Waals surface area contributed by atoms with Crippen molar-refractivity contribution in [2.24, 2.45) is 0 Å². The van der Waals surface area contributed by atoms with Crippen LogP contribution >= 0.6 is 0 Å². The molecule has 0 aliphatic carbocycles. The molecule has 25 heavy (non-hydrogen) atoms. The second kappa shape index (κ2) is 8.27. The number of carbonyl (C=O) groups is 1. The molecule has 0 saturated carbocycles. The predicted molar refractivity (Wildman–Crippen MR) is 97.5 cm³/mol. The first-order valence-corrected chi connectivity index (χ1v) is 8.43. The van der Waals surface area contributed by atoms with Gasteiger partial charge in [0.1, 0.15) is 11.6 Å². The molecule has 3 rings (SSSR count). The SMILES string of the molecule is N#C/C(=C\c1ccc(-c2ccccc2)cc1)C(=O)NC[C@H]1CCCO1. The number of hydrogen-bond donors (Lipinski definition) is 1. The predicted octanol–water partition coefficient (Wildman–Crippen LogP) is 3.56. The van der Waals surface area contributed by atoms with E-state index in [0.717, 1.165) is 36.1 Å². The molecule has 0 spiro atoms. The fourth-order valence-corrected chi connectivity index (χ4v) is 2.82. The lowest BCUT2D eigenvalue weighted by Crippen LogP contribution is -2.32. The number of carbonyl (C=O) groups excluding carboxylic acids is 1. The van der Waals surface area contributed by atoms with Crippen LogP contribution in [0.25, 0.3) is 17.2 Å². The highest BCUT2D eigenvalue weighted by Gasteiger charge is 2.17. The highest BCUT2D eigenvalue weighted by Crippen LogP contribution is 2.20. The number of nitrogens with zero attached hydrogens (tertiary/aromatic N) is 1. The van der Waals surface area contributed by atoms with Crippen molar-refractivity contribution in [3.63, 3.8) is 0 Å². The van der Waals surface area contributed by atoms with E-state index >= 15 is 0 Å². The van der Waals surface area contributed by atoms with Gasteiger partial charge in [-0.15, -0.1) is 0 Å². The van der Waals surface area contributed by atoms with Gasteiger partial charge in [0.15, 0.2) is 0 Å². The van der Waals surface area contributed by atoms with E-state index in [-0.39, 0.29) is 17.6 Å². The summed E-state index contributed by atoms with van der Waals surface area (Å²) in [5, 5.41) is 12.1. The van der Waals surface area contributed by atoms with E-state index in [1.807, 2.05) is 60.7 Å². The summed E-state index contributed by atoms with van der Waals surface area (Å²) in [7, 11) is 0. The molecule has 0 aromatic heterocycles. The van der Waals surface area contributed by atoms with Crippen LogP contribution in [0.3, 0.4) is 0 Å². The lowest BCUT2D eigenvalue weighted by Gasteiger charge is -2.10. The van der Waals surface area contributed by atoms with Crippen molar-refractivity contribution in [2.75, 3.05) is 13.2 Å². The van der Waals surface area contributed by atoms with Crippen molar-refractivity contribution < 1.29 is 9.53 Å². The van der Waals surface area contributed by atoms with Gasteiger partial charge >= 0.3 is 0 Å². The maximum Gasteiger partial charge on any atom is 0.262 e. The first kappa shape index (κ1) is 16.9. The number of hydrogen-bond acceptors (Lipinski definition) is 3. The second-order valence-electron chi connectivity index (χ2n) is 6.00. The van der Waals surface area contributed by atoms with Crippen molar-refractivity contribution >= 4 is 12.0 Å². The van der Waals surface area contributed by atoms with Crippen LogP contribution in [0.2, 0.25) is 0 Å². The molecule has 1 atom stereocenters.